The number of carboxylic acid groups (broad SMARTS) is 1. The molecule has 0 spiro atoms. The third-order valence-corrected chi connectivity index (χ3v) is 8.40. The predicted molar refractivity (Wildman–Crippen MR) is 170 cm³/mol. The highest BCUT2D eigenvalue weighted by Crippen LogP contribution is 2.31. The molecule has 0 bridgehead atoms. The van der Waals surface area contributed by atoms with Gasteiger partial charge in [0.25, 0.3) is 0 Å². The lowest BCUT2D eigenvalue weighted by atomic mass is 9.91. The van der Waals surface area contributed by atoms with E-state index in [9.17, 15) is 4.79 Å². The monoisotopic (exact) mass is 572 g/mol. The molecule has 1 amide bonds. The van der Waals surface area contributed by atoms with E-state index in [2.05, 4.69) is 81.3 Å². The van der Waals surface area contributed by atoms with Crippen molar-refractivity contribution in [3.63, 3.8) is 0 Å². The summed E-state index contributed by atoms with van der Waals surface area (Å²) in [5, 5.41) is 18.6. The second-order valence-electron chi connectivity index (χ2n) is 11.4. The molecule has 2 aliphatic rings. The molecule has 9 nitrogen and oxygen atoms in total. The van der Waals surface area contributed by atoms with Crippen molar-refractivity contribution in [1.82, 2.24) is 20.5 Å². The molecule has 0 unspecified atom stereocenters. The Balaban J connectivity index is 1.27. The molecule has 1 saturated carbocycles. The van der Waals surface area contributed by atoms with E-state index in [4.69, 9.17) is 14.8 Å². The highest BCUT2D eigenvalue weighted by Gasteiger charge is 2.21. The SMILES string of the molecule is COc1ccc(-c2cc(NC3CCC(NCCCNC(=O)O)CC3)cc(-c3ccc(N4CCN(C)CC4)cc3)n2)cc1. The molecule has 42 heavy (non-hydrogen) atoms. The largest absolute Gasteiger partial charge is 0.497 e. The van der Waals surface area contributed by atoms with Crippen LogP contribution in [0, 0.1) is 0 Å². The first-order valence-corrected chi connectivity index (χ1v) is 15.1. The van der Waals surface area contributed by atoms with E-state index in [1.165, 1.54) is 5.69 Å². The van der Waals surface area contributed by atoms with E-state index in [0.29, 0.717) is 18.6 Å². The van der Waals surface area contributed by atoms with Crippen LogP contribution in [0.5, 0.6) is 5.75 Å². The molecule has 3 aromatic rings. The van der Waals surface area contributed by atoms with E-state index < -0.39 is 6.09 Å². The minimum Gasteiger partial charge on any atom is -0.497 e. The number of rotatable bonds is 11. The second-order valence-corrected chi connectivity index (χ2v) is 11.4. The number of likely N-dealkylation sites (N-methyl/N-ethyl adjacent to an activating group) is 1. The number of piperazine rings is 1. The van der Waals surface area contributed by atoms with Gasteiger partial charge in [0.1, 0.15) is 5.75 Å². The van der Waals surface area contributed by atoms with Gasteiger partial charge in [-0.1, -0.05) is 12.1 Å². The molecule has 1 aromatic heterocycles. The number of hydrogen-bond acceptors (Lipinski definition) is 7. The maximum Gasteiger partial charge on any atom is 0.404 e. The fraction of sp³-hybridized carbons (Fsp3) is 0.455. The smallest absolute Gasteiger partial charge is 0.404 e. The molecule has 0 radical (unpaired) electrons. The van der Waals surface area contributed by atoms with Crippen molar-refractivity contribution < 1.29 is 14.6 Å². The summed E-state index contributed by atoms with van der Waals surface area (Å²) in [6.07, 6.45) is 4.20. The molecule has 224 valence electrons. The van der Waals surface area contributed by atoms with Gasteiger partial charge >= 0.3 is 6.09 Å². The van der Waals surface area contributed by atoms with Crippen LogP contribution in [0.15, 0.2) is 60.7 Å². The van der Waals surface area contributed by atoms with Crippen LogP contribution in [0.4, 0.5) is 16.2 Å². The van der Waals surface area contributed by atoms with Gasteiger partial charge in [0.05, 0.1) is 18.5 Å². The summed E-state index contributed by atoms with van der Waals surface area (Å²) < 4.78 is 5.37. The number of nitrogens with zero attached hydrogens (tertiary/aromatic N) is 3. The fourth-order valence-electron chi connectivity index (χ4n) is 5.85. The molecule has 2 heterocycles. The molecule has 1 aliphatic carbocycles. The Bertz CT molecular complexity index is 1280. The average Bonchev–Trinajstić information content (AvgIpc) is 3.02. The van der Waals surface area contributed by atoms with Crippen LogP contribution in [-0.2, 0) is 0 Å². The topological polar surface area (TPSA) is 102 Å². The number of hydrogen-bond donors (Lipinski definition) is 4. The Labute approximate surface area is 249 Å². The molecule has 2 aromatic carbocycles. The zero-order valence-corrected chi connectivity index (χ0v) is 24.8. The van der Waals surface area contributed by atoms with Crippen molar-refractivity contribution in [3.05, 3.63) is 60.7 Å². The highest BCUT2D eigenvalue weighted by molar-refractivity contribution is 5.73. The van der Waals surface area contributed by atoms with E-state index in [-0.39, 0.29) is 0 Å². The average molecular weight is 573 g/mol. The van der Waals surface area contributed by atoms with Gasteiger partial charge in [0.2, 0.25) is 0 Å². The summed E-state index contributed by atoms with van der Waals surface area (Å²) >= 11 is 0. The summed E-state index contributed by atoms with van der Waals surface area (Å²) in [4.78, 5) is 20.5. The van der Waals surface area contributed by atoms with Crippen LogP contribution in [0.1, 0.15) is 32.1 Å². The first kappa shape index (κ1) is 29.7. The molecular weight excluding hydrogens is 528 g/mol. The van der Waals surface area contributed by atoms with Gasteiger partial charge in [-0.15, -0.1) is 0 Å². The number of amides is 1. The van der Waals surface area contributed by atoms with Gasteiger partial charge in [-0.05, 0) is 94.2 Å². The van der Waals surface area contributed by atoms with Gasteiger partial charge in [0.15, 0.2) is 0 Å². The zero-order chi connectivity index (χ0) is 29.3. The Morgan fingerprint density at radius 3 is 2.07 bits per heavy atom. The van der Waals surface area contributed by atoms with Crippen molar-refractivity contribution in [2.45, 2.75) is 44.2 Å². The van der Waals surface area contributed by atoms with Crippen molar-refractivity contribution in [3.8, 4) is 28.3 Å². The quantitative estimate of drug-likeness (QED) is 0.234. The summed E-state index contributed by atoms with van der Waals surface area (Å²) in [7, 11) is 3.87. The van der Waals surface area contributed by atoms with E-state index in [1.807, 2.05) is 12.1 Å². The number of ether oxygens (including phenoxy) is 1. The standard InChI is InChI=1S/C33H44N6O3/c1-38-18-20-39(21-19-38)29-12-4-24(5-13-29)31-22-28(23-32(37-31)25-6-14-30(42-2)15-7-25)36-27-10-8-26(9-11-27)34-16-3-17-35-33(40)41/h4-7,12-15,22-23,26-27,34-35H,3,8-11,16-21H2,1-2H3,(H,36,37)(H,40,41). The number of anilines is 2. The maximum atomic E-state index is 10.6. The third kappa shape index (κ3) is 8.14. The molecular formula is C33H44N6O3. The van der Waals surface area contributed by atoms with Gasteiger partial charge in [-0.2, -0.15) is 0 Å². The Kier molecular flexibility index (Phi) is 10.2. The third-order valence-electron chi connectivity index (χ3n) is 8.40. The van der Waals surface area contributed by atoms with Gasteiger partial charge in [-0.25, -0.2) is 9.78 Å². The summed E-state index contributed by atoms with van der Waals surface area (Å²) in [6.45, 7) is 5.59. The lowest BCUT2D eigenvalue weighted by Gasteiger charge is -2.34. The first-order chi connectivity index (χ1) is 20.5. The van der Waals surface area contributed by atoms with Gasteiger partial charge in [0, 0.05) is 67.3 Å². The van der Waals surface area contributed by atoms with Crippen LogP contribution >= 0.6 is 0 Å². The fourth-order valence-corrected chi connectivity index (χ4v) is 5.85. The molecule has 4 N–H and O–H groups in total. The second kappa shape index (κ2) is 14.4. The summed E-state index contributed by atoms with van der Waals surface area (Å²) in [6, 6.07) is 22.1. The summed E-state index contributed by atoms with van der Waals surface area (Å²) in [5.41, 5.74) is 6.41. The van der Waals surface area contributed by atoms with E-state index in [0.717, 1.165) is 98.8 Å². The molecule has 2 fully saturated rings. The normalized spacial score (nSPS) is 19.3. The van der Waals surface area contributed by atoms with Gasteiger partial charge in [-0.3, -0.25) is 0 Å². The van der Waals surface area contributed by atoms with Crippen LogP contribution in [0.3, 0.4) is 0 Å². The number of carbonyl (C=O) groups is 1. The van der Waals surface area contributed by atoms with Crippen LogP contribution in [0.25, 0.3) is 22.5 Å². The molecule has 9 heteroatoms. The molecule has 1 aliphatic heterocycles. The Morgan fingerprint density at radius 1 is 0.881 bits per heavy atom. The van der Waals surface area contributed by atoms with Gasteiger partial charge < -0.3 is 35.6 Å². The minimum atomic E-state index is -0.960. The van der Waals surface area contributed by atoms with Crippen molar-refractivity contribution in [2.24, 2.45) is 0 Å². The number of aromatic nitrogens is 1. The minimum absolute atomic E-state index is 0.398. The lowest BCUT2D eigenvalue weighted by Crippen LogP contribution is -2.44. The number of methoxy groups -OCH3 is 1. The van der Waals surface area contributed by atoms with Crippen molar-refractivity contribution in [1.29, 1.82) is 0 Å². The zero-order valence-electron chi connectivity index (χ0n) is 24.8. The van der Waals surface area contributed by atoms with E-state index >= 15 is 0 Å². The Morgan fingerprint density at radius 2 is 1.48 bits per heavy atom. The van der Waals surface area contributed by atoms with Crippen LogP contribution in [0.2, 0.25) is 0 Å². The maximum absolute atomic E-state index is 10.6. The van der Waals surface area contributed by atoms with Crippen LogP contribution < -0.4 is 25.6 Å². The Hall–Kier alpha value is -3.82. The van der Waals surface area contributed by atoms with Crippen molar-refractivity contribution in [2.75, 3.05) is 63.6 Å². The highest BCUT2D eigenvalue weighted by atomic mass is 16.5. The molecule has 5 rings (SSSR count). The molecule has 1 saturated heterocycles. The number of pyridine rings is 1. The molecule has 0 atom stereocenters. The lowest BCUT2D eigenvalue weighted by molar-refractivity contribution is 0.194. The van der Waals surface area contributed by atoms with Crippen molar-refractivity contribution >= 4 is 17.5 Å². The first-order valence-electron chi connectivity index (χ1n) is 15.1. The number of nitrogens with one attached hydrogen (secondary N) is 3. The van der Waals surface area contributed by atoms with Crippen LogP contribution in [-0.4, -0.2) is 86.6 Å². The predicted octanol–water partition coefficient (Wildman–Crippen LogP) is 5.15. The summed E-state index contributed by atoms with van der Waals surface area (Å²) in [5.74, 6) is 0.830. The van der Waals surface area contributed by atoms with E-state index in [1.54, 1.807) is 7.11 Å². The number of benzene rings is 2.